The highest BCUT2D eigenvalue weighted by Gasteiger charge is 2.17. The van der Waals surface area contributed by atoms with E-state index >= 15 is 0 Å². The summed E-state index contributed by atoms with van der Waals surface area (Å²) in [4.78, 5) is 13.7. The first-order chi connectivity index (χ1) is 5.85. The van der Waals surface area contributed by atoms with Crippen LogP contribution in [0, 0.1) is 0 Å². The Hall–Kier alpha value is -1.22. The molecule has 0 heterocycles. The fourth-order valence-corrected chi connectivity index (χ4v) is 0.753. The maximum absolute atomic E-state index is 11.1. The number of esters is 1. The van der Waals surface area contributed by atoms with Crippen molar-refractivity contribution in [3.05, 3.63) is 10.4 Å². The van der Waals surface area contributed by atoms with Crippen LogP contribution in [0.4, 0.5) is 0 Å². The van der Waals surface area contributed by atoms with Crippen LogP contribution in [0.1, 0.15) is 34.1 Å². The van der Waals surface area contributed by atoms with Crippen LogP contribution in [-0.2, 0) is 9.53 Å². The minimum atomic E-state index is -0.479. The Balaban J connectivity index is 3.95. The monoisotopic (exact) mass is 185 g/mol. The Morgan fingerprint density at radius 3 is 2.54 bits per heavy atom. The van der Waals surface area contributed by atoms with Crippen molar-refractivity contribution in [3.8, 4) is 0 Å². The van der Waals surface area contributed by atoms with Crippen molar-refractivity contribution in [2.45, 2.75) is 45.8 Å². The van der Waals surface area contributed by atoms with E-state index in [1.165, 1.54) is 0 Å². The van der Waals surface area contributed by atoms with Gasteiger partial charge >= 0.3 is 5.97 Å². The van der Waals surface area contributed by atoms with Gasteiger partial charge in [-0.05, 0) is 26.3 Å². The summed E-state index contributed by atoms with van der Waals surface area (Å²) in [7, 11) is 0. The summed E-state index contributed by atoms with van der Waals surface area (Å²) in [5.74, 6) is -0.340. The molecule has 5 heteroatoms. The van der Waals surface area contributed by atoms with E-state index in [9.17, 15) is 4.79 Å². The Morgan fingerprint density at radius 2 is 2.15 bits per heavy atom. The van der Waals surface area contributed by atoms with Crippen LogP contribution in [0.5, 0.6) is 0 Å². The lowest BCUT2D eigenvalue weighted by atomic mass is 10.2. The minimum Gasteiger partial charge on any atom is -0.460 e. The first-order valence-electron chi connectivity index (χ1n) is 4.11. The third kappa shape index (κ3) is 7.15. The molecule has 0 radical (unpaired) electrons. The highest BCUT2D eigenvalue weighted by atomic mass is 16.6. The van der Waals surface area contributed by atoms with Gasteiger partial charge in [0.25, 0.3) is 0 Å². The summed E-state index contributed by atoms with van der Waals surface area (Å²) in [6, 6.07) is -0.347. The number of azide groups is 1. The van der Waals surface area contributed by atoms with Gasteiger partial charge in [-0.2, -0.15) is 0 Å². The second-order valence-corrected chi connectivity index (χ2v) is 3.84. The molecule has 0 saturated heterocycles. The molecular formula is C8H15N3O2. The van der Waals surface area contributed by atoms with Crippen LogP contribution in [0.3, 0.4) is 0 Å². The molecule has 0 spiro atoms. The molecule has 0 amide bonds. The molecule has 5 nitrogen and oxygen atoms in total. The molecule has 0 aromatic carbocycles. The summed E-state index contributed by atoms with van der Waals surface area (Å²) in [6.45, 7) is 7.05. The van der Waals surface area contributed by atoms with Crippen molar-refractivity contribution in [1.29, 1.82) is 0 Å². The smallest absolute Gasteiger partial charge is 0.306 e. The minimum absolute atomic E-state index is 0.126. The zero-order chi connectivity index (χ0) is 10.5. The zero-order valence-corrected chi connectivity index (χ0v) is 8.44. The van der Waals surface area contributed by atoms with Crippen LogP contribution in [0.25, 0.3) is 10.4 Å². The maximum atomic E-state index is 11.1. The van der Waals surface area contributed by atoms with E-state index in [1.54, 1.807) is 27.7 Å². The van der Waals surface area contributed by atoms with Crippen LogP contribution in [0.15, 0.2) is 5.11 Å². The lowest BCUT2D eigenvalue weighted by molar-refractivity contribution is -0.155. The third-order valence-corrected chi connectivity index (χ3v) is 1.13. The van der Waals surface area contributed by atoms with E-state index in [0.717, 1.165) is 0 Å². The molecule has 0 unspecified atom stereocenters. The summed E-state index contributed by atoms with van der Waals surface area (Å²) < 4.78 is 5.03. The molecule has 0 aliphatic rings. The second-order valence-electron chi connectivity index (χ2n) is 3.84. The van der Waals surface area contributed by atoms with Crippen molar-refractivity contribution >= 4 is 5.97 Å². The van der Waals surface area contributed by atoms with Gasteiger partial charge < -0.3 is 4.74 Å². The van der Waals surface area contributed by atoms with E-state index < -0.39 is 5.60 Å². The predicted molar refractivity (Wildman–Crippen MR) is 49.1 cm³/mol. The summed E-state index contributed by atoms with van der Waals surface area (Å²) in [5.41, 5.74) is 7.61. The van der Waals surface area contributed by atoms with Gasteiger partial charge in [0.05, 0.1) is 6.42 Å². The average Bonchev–Trinajstić information content (AvgIpc) is 1.81. The van der Waals surface area contributed by atoms with E-state index in [1.807, 2.05) is 0 Å². The van der Waals surface area contributed by atoms with Crippen LogP contribution >= 0.6 is 0 Å². The topological polar surface area (TPSA) is 75.1 Å². The van der Waals surface area contributed by atoms with Gasteiger partial charge in [0.2, 0.25) is 0 Å². The molecular weight excluding hydrogens is 170 g/mol. The Labute approximate surface area is 77.7 Å². The largest absolute Gasteiger partial charge is 0.460 e. The number of carbonyl (C=O) groups excluding carboxylic acids is 1. The van der Waals surface area contributed by atoms with E-state index in [0.29, 0.717) is 0 Å². The summed E-state index contributed by atoms with van der Waals surface area (Å²) >= 11 is 0. The molecule has 0 bridgehead atoms. The molecule has 0 aliphatic carbocycles. The molecule has 0 aliphatic heterocycles. The second kappa shape index (κ2) is 4.72. The van der Waals surface area contributed by atoms with Crippen LogP contribution in [0.2, 0.25) is 0 Å². The molecule has 74 valence electrons. The number of nitrogens with zero attached hydrogens (tertiary/aromatic N) is 3. The molecule has 0 rings (SSSR count). The van der Waals surface area contributed by atoms with Crippen LogP contribution in [-0.4, -0.2) is 17.6 Å². The number of ether oxygens (including phenoxy) is 1. The number of hydrogen-bond acceptors (Lipinski definition) is 3. The Kier molecular flexibility index (Phi) is 4.28. The summed E-state index contributed by atoms with van der Waals surface area (Å²) in [5, 5.41) is 3.37. The summed E-state index contributed by atoms with van der Waals surface area (Å²) in [6.07, 6.45) is 0.126. The molecule has 13 heavy (non-hydrogen) atoms. The third-order valence-electron chi connectivity index (χ3n) is 1.13. The fourth-order valence-electron chi connectivity index (χ4n) is 0.753. The predicted octanol–water partition coefficient (Wildman–Crippen LogP) is 2.42. The van der Waals surface area contributed by atoms with E-state index in [-0.39, 0.29) is 18.4 Å². The van der Waals surface area contributed by atoms with Crippen molar-refractivity contribution in [1.82, 2.24) is 0 Å². The highest BCUT2D eigenvalue weighted by Crippen LogP contribution is 2.10. The molecule has 0 fully saturated rings. The zero-order valence-electron chi connectivity index (χ0n) is 8.44. The van der Waals surface area contributed by atoms with Gasteiger partial charge in [0.15, 0.2) is 0 Å². The lowest BCUT2D eigenvalue weighted by Crippen LogP contribution is -2.25. The van der Waals surface area contributed by atoms with Crippen molar-refractivity contribution in [2.75, 3.05) is 0 Å². The number of carbonyl (C=O) groups is 1. The normalized spacial score (nSPS) is 12.9. The van der Waals surface area contributed by atoms with E-state index in [4.69, 9.17) is 10.3 Å². The molecule has 0 aromatic rings. The van der Waals surface area contributed by atoms with Gasteiger partial charge in [0, 0.05) is 11.0 Å². The van der Waals surface area contributed by atoms with Crippen molar-refractivity contribution in [2.24, 2.45) is 5.11 Å². The van der Waals surface area contributed by atoms with Gasteiger partial charge in [-0.15, -0.1) is 0 Å². The fraction of sp³-hybridized carbons (Fsp3) is 0.875. The number of hydrogen-bond donors (Lipinski definition) is 0. The van der Waals surface area contributed by atoms with Gasteiger partial charge in [0.1, 0.15) is 5.60 Å². The van der Waals surface area contributed by atoms with Gasteiger partial charge in [-0.1, -0.05) is 12.0 Å². The standard InChI is InChI=1S/C8H15N3O2/c1-6(10-11-9)5-7(12)13-8(2,3)4/h6H,5H2,1-4H3/t6-/m0/s1. The van der Waals surface area contributed by atoms with Crippen LogP contribution < -0.4 is 0 Å². The van der Waals surface area contributed by atoms with E-state index in [2.05, 4.69) is 10.0 Å². The number of rotatable bonds is 3. The first kappa shape index (κ1) is 11.8. The maximum Gasteiger partial charge on any atom is 0.306 e. The quantitative estimate of drug-likeness (QED) is 0.293. The average molecular weight is 185 g/mol. The first-order valence-corrected chi connectivity index (χ1v) is 4.11. The van der Waals surface area contributed by atoms with Gasteiger partial charge in [-0.25, -0.2) is 0 Å². The molecule has 0 aromatic heterocycles. The molecule has 0 N–H and O–H groups in total. The highest BCUT2D eigenvalue weighted by molar-refractivity contribution is 5.70. The molecule has 1 atom stereocenters. The van der Waals surface area contributed by atoms with Gasteiger partial charge in [-0.3, -0.25) is 4.79 Å². The Bertz CT molecular complexity index is 226. The van der Waals surface area contributed by atoms with Crippen molar-refractivity contribution in [3.63, 3.8) is 0 Å². The molecule has 0 saturated carbocycles. The lowest BCUT2D eigenvalue weighted by Gasteiger charge is -2.19. The Morgan fingerprint density at radius 1 is 1.62 bits per heavy atom. The SMILES string of the molecule is C[C@@H](CC(=O)OC(C)(C)C)N=[N+]=[N-]. The van der Waals surface area contributed by atoms with Crippen molar-refractivity contribution < 1.29 is 9.53 Å².